The van der Waals surface area contributed by atoms with Crippen LogP contribution in [0.15, 0.2) is 4.99 Å². The molecule has 1 saturated heterocycles. The van der Waals surface area contributed by atoms with Gasteiger partial charge < -0.3 is 15.3 Å². The van der Waals surface area contributed by atoms with Gasteiger partial charge in [-0.3, -0.25) is 4.99 Å². The Morgan fingerprint density at radius 2 is 1.87 bits per heavy atom. The fourth-order valence-corrected chi connectivity index (χ4v) is 4.35. The highest BCUT2D eigenvalue weighted by atomic mass is 16.3. The minimum absolute atomic E-state index is 0.275. The molecule has 2 N–H and O–H groups in total. The lowest BCUT2D eigenvalue weighted by Crippen LogP contribution is -2.40. The fraction of sp³-hybridized carbons (Fsp3) is 0.947. The standard InChI is InChI=1S/C19H37N3O/c1-4-20-19(21-12-16(9-10-23)11-15(2)3)22-13-17-7-5-6-8-18(17)14-22/h15-18,23H,4-14H2,1-3H3,(H,20,21). The van der Waals surface area contributed by atoms with Crippen LogP contribution >= 0.6 is 0 Å². The molecular weight excluding hydrogens is 286 g/mol. The van der Waals surface area contributed by atoms with Gasteiger partial charge >= 0.3 is 0 Å². The third-order valence-corrected chi connectivity index (χ3v) is 5.45. The molecule has 134 valence electrons. The fourth-order valence-electron chi connectivity index (χ4n) is 4.35. The van der Waals surface area contributed by atoms with Gasteiger partial charge in [-0.1, -0.05) is 26.7 Å². The van der Waals surface area contributed by atoms with Gasteiger partial charge in [0.15, 0.2) is 5.96 Å². The normalized spacial score (nSPS) is 26.5. The third-order valence-electron chi connectivity index (χ3n) is 5.45. The molecule has 2 fully saturated rings. The Bertz CT molecular complexity index is 356. The SMILES string of the molecule is CCNC(=NCC(CCO)CC(C)C)N1CC2CCCCC2C1. The highest BCUT2D eigenvalue weighted by Gasteiger charge is 2.35. The quantitative estimate of drug-likeness (QED) is 0.559. The molecule has 0 aromatic carbocycles. The first-order chi connectivity index (χ1) is 11.1. The van der Waals surface area contributed by atoms with Crippen molar-refractivity contribution in [2.75, 3.05) is 32.8 Å². The number of hydrogen-bond acceptors (Lipinski definition) is 2. The molecule has 1 aliphatic carbocycles. The molecule has 3 atom stereocenters. The van der Waals surface area contributed by atoms with Crippen molar-refractivity contribution in [1.82, 2.24) is 10.2 Å². The Morgan fingerprint density at radius 3 is 2.39 bits per heavy atom. The molecule has 3 unspecified atom stereocenters. The average molecular weight is 324 g/mol. The van der Waals surface area contributed by atoms with Crippen LogP contribution in [0, 0.1) is 23.7 Å². The van der Waals surface area contributed by atoms with Crippen molar-refractivity contribution in [2.24, 2.45) is 28.7 Å². The van der Waals surface area contributed by atoms with Crippen LogP contribution in [0.25, 0.3) is 0 Å². The first kappa shape index (κ1) is 18.6. The van der Waals surface area contributed by atoms with Gasteiger partial charge in [0.1, 0.15) is 0 Å². The molecule has 2 rings (SSSR count). The number of guanidine groups is 1. The van der Waals surface area contributed by atoms with Gasteiger partial charge in [-0.05, 0) is 56.3 Å². The van der Waals surface area contributed by atoms with Crippen LogP contribution in [0.1, 0.15) is 59.3 Å². The lowest BCUT2D eigenvalue weighted by molar-refractivity contribution is 0.245. The molecule has 1 heterocycles. The van der Waals surface area contributed by atoms with Gasteiger partial charge in [0, 0.05) is 32.8 Å². The summed E-state index contributed by atoms with van der Waals surface area (Å²) in [4.78, 5) is 7.44. The van der Waals surface area contributed by atoms with E-state index in [1.807, 2.05) is 0 Å². The number of hydrogen-bond donors (Lipinski definition) is 2. The summed E-state index contributed by atoms with van der Waals surface area (Å²) in [6.45, 7) is 11.1. The van der Waals surface area contributed by atoms with Gasteiger partial charge in [-0.25, -0.2) is 0 Å². The van der Waals surface area contributed by atoms with E-state index in [4.69, 9.17) is 4.99 Å². The topological polar surface area (TPSA) is 47.9 Å². The third kappa shape index (κ3) is 5.66. The molecule has 0 aromatic heterocycles. The molecule has 0 aromatic rings. The summed E-state index contributed by atoms with van der Waals surface area (Å²) in [6, 6.07) is 0. The van der Waals surface area contributed by atoms with Crippen molar-refractivity contribution in [3.63, 3.8) is 0 Å². The first-order valence-corrected chi connectivity index (χ1v) is 9.78. The molecule has 4 nitrogen and oxygen atoms in total. The van der Waals surface area contributed by atoms with Crippen molar-refractivity contribution < 1.29 is 5.11 Å². The molecular formula is C19H37N3O. The molecule has 0 bridgehead atoms. The number of likely N-dealkylation sites (tertiary alicyclic amines) is 1. The van der Waals surface area contributed by atoms with Crippen molar-refractivity contribution in [2.45, 2.75) is 59.3 Å². The molecule has 0 radical (unpaired) electrons. The average Bonchev–Trinajstić information content (AvgIpc) is 2.94. The number of aliphatic hydroxyl groups excluding tert-OH is 1. The Labute approximate surface area is 142 Å². The summed E-state index contributed by atoms with van der Waals surface area (Å²) in [6.07, 6.45) is 7.65. The summed E-state index contributed by atoms with van der Waals surface area (Å²) in [7, 11) is 0. The number of aliphatic imine (C=N–C) groups is 1. The van der Waals surface area contributed by atoms with Crippen LogP contribution in [0.3, 0.4) is 0 Å². The predicted octanol–water partition coefficient (Wildman–Crippen LogP) is 3.12. The number of nitrogens with one attached hydrogen (secondary N) is 1. The van der Waals surface area contributed by atoms with Gasteiger partial charge in [0.05, 0.1) is 0 Å². The molecule has 1 aliphatic heterocycles. The minimum Gasteiger partial charge on any atom is -0.396 e. The minimum atomic E-state index is 0.275. The van der Waals surface area contributed by atoms with Crippen LogP contribution in [0.4, 0.5) is 0 Å². The van der Waals surface area contributed by atoms with E-state index in [-0.39, 0.29) is 6.61 Å². The van der Waals surface area contributed by atoms with E-state index in [1.54, 1.807) is 0 Å². The van der Waals surface area contributed by atoms with Crippen LogP contribution in [-0.2, 0) is 0 Å². The van der Waals surface area contributed by atoms with Crippen molar-refractivity contribution in [1.29, 1.82) is 0 Å². The second-order valence-electron chi connectivity index (χ2n) is 7.91. The van der Waals surface area contributed by atoms with Crippen molar-refractivity contribution in [3.8, 4) is 0 Å². The molecule has 0 amide bonds. The first-order valence-electron chi connectivity index (χ1n) is 9.78. The highest BCUT2D eigenvalue weighted by molar-refractivity contribution is 5.80. The van der Waals surface area contributed by atoms with E-state index in [0.717, 1.165) is 43.7 Å². The second-order valence-corrected chi connectivity index (χ2v) is 7.91. The lowest BCUT2D eigenvalue weighted by atomic mass is 9.82. The zero-order valence-electron chi connectivity index (χ0n) is 15.4. The maximum atomic E-state index is 9.30. The maximum Gasteiger partial charge on any atom is 0.193 e. The van der Waals surface area contributed by atoms with Crippen LogP contribution < -0.4 is 5.32 Å². The number of rotatable bonds is 7. The predicted molar refractivity (Wildman–Crippen MR) is 97.6 cm³/mol. The van der Waals surface area contributed by atoms with E-state index >= 15 is 0 Å². The van der Waals surface area contributed by atoms with Gasteiger partial charge in [-0.15, -0.1) is 0 Å². The highest BCUT2D eigenvalue weighted by Crippen LogP contribution is 2.36. The largest absolute Gasteiger partial charge is 0.396 e. The van der Waals surface area contributed by atoms with Gasteiger partial charge in [0.2, 0.25) is 0 Å². The molecule has 4 heteroatoms. The van der Waals surface area contributed by atoms with E-state index in [1.165, 1.54) is 38.8 Å². The van der Waals surface area contributed by atoms with E-state index in [2.05, 4.69) is 31.0 Å². The molecule has 2 aliphatic rings. The summed E-state index contributed by atoms with van der Waals surface area (Å²) in [5, 5.41) is 12.8. The number of fused-ring (bicyclic) bond motifs is 1. The second kappa shape index (κ2) is 9.51. The van der Waals surface area contributed by atoms with Crippen molar-refractivity contribution in [3.05, 3.63) is 0 Å². The monoisotopic (exact) mass is 323 g/mol. The maximum absolute atomic E-state index is 9.30. The smallest absolute Gasteiger partial charge is 0.193 e. The van der Waals surface area contributed by atoms with Gasteiger partial charge in [-0.2, -0.15) is 0 Å². The lowest BCUT2D eigenvalue weighted by Gasteiger charge is -2.23. The zero-order chi connectivity index (χ0) is 16.7. The van der Waals surface area contributed by atoms with Crippen LogP contribution in [0.5, 0.6) is 0 Å². The van der Waals surface area contributed by atoms with E-state index < -0.39 is 0 Å². The molecule has 1 saturated carbocycles. The molecule has 0 spiro atoms. The number of aliphatic hydroxyl groups is 1. The Balaban J connectivity index is 1.96. The summed E-state index contributed by atoms with van der Waals surface area (Å²) in [5.74, 6) is 4.04. The zero-order valence-corrected chi connectivity index (χ0v) is 15.4. The Hall–Kier alpha value is -0.770. The summed E-state index contributed by atoms with van der Waals surface area (Å²) < 4.78 is 0. The van der Waals surface area contributed by atoms with Crippen molar-refractivity contribution >= 4 is 5.96 Å². The summed E-state index contributed by atoms with van der Waals surface area (Å²) in [5.41, 5.74) is 0. The van der Waals surface area contributed by atoms with Crippen LogP contribution in [0.2, 0.25) is 0 Å². The number of nitrogens with zero attached hydrogens (tertiary/aromatic N) is 2. The Kier molecular flexibility index (Phi) is 7.68. The van der Waals surface area contributed by atoms with Crippen LogP contribution in [-0.4, -0.2) is 48.8 Å². The van der Waals surface area contributed by atoms with Gasteiger partial charge in [0.25, 0.3) is 0 Å². The molecule has 23 heavy (non-hydrogen) atoms. The summed E-state index contributed by atoms with van der Waals surface area (Å²) >= 11 is 0. The Morgan fingerprint density at radius 1 is 1.22 bits per heavy atom. The van der Waals surface area contributed by atoms with E-state index in [9.17, 15) is 5.11 Å². The van der Waals surface area contributed by atoms with E-state index in [0.29, 0.717) is 11.8 Å².